The van der Waals surface area contributed by atoms with Crippen molar-refractivity contribution in [1.29, 1.82) is 0 Å². The summed E-state index contributed by atoms with van der Waals surface area (Å²) in [5.41, 5.74) is -0.183. The van der Waals surface area contributed by atoms with Gasteiger partial charge in [-0.3, -0.25) is 14.9 Å². The maximum Gasteiger partial charge on any atom is 0.336 e. The third-order valence-electron chi connectivity index (χ3n) is 13.9. The van der Waals surface area contributed by atoms with E-state index in [1.54, 1.807) is 0 Å². The lowest BCUT2D eigenvalue weighted by Crippen LogP contribution is -2.68. The Bertz CT molecular complexity index is 2020. The number of phenolic OH excluding ortho intramolecular Hbond substituents is 1. The number of benzene rings is 1. The summed E-state index contributed by atoms with van der Waals surface area (Å²) < 4.78 is 36.6. The third-order valence-corrected chi connectivity index (χ3v) is 13.9. The van der Waals surface area contributed by atoms with Crippen molar-refractivity contribution < 1.29 is 83.3 Å². The molecule has 376 valence electrons. The second-order valence-electron chi connectivity index (χ2n) is 18.6. The summed E-state index contributed by atoms with van der Waals surface area (Å²) in [6.07, 6.45) is -12.8. The van der Waals surface area contributed by atoms with Gasteiger partial charge in [-0.2, -0.15) is 0 Å². The van der Waals surface area contributed by atoms with Crippen LogP contribution in [-0.2, 0) is 44.5 Å². The number of fused-ring (bicyclic) bond motifs is 1. The number of carboxylic acids is 1. The molecule has 0 spiro atoms. The highest BCUT2D eigenvalue weighted by Crippen LogP contribution is 2.43. The first-order chi connectivity index (χ1) is 31.9. The van der Waals surface area contributed by atoms with Crippen LogP contribution in [0, 0.1) is 23.7 Å². The van der Waals surface area contributed by atoms with Gasteiger partial charge < -0.3 is 79.6 Å². The number of amides is 2. The average molecular weight is 952 g/mol. The standard InChI is InChI=1S/C46H69N3O18/c1-5-27-21(2)29(43(59)48-14-13-47-34(53)16-25-17-35(54)63-30-18-26(52)11-12-28(25)30)19-31(41(27)67-46-40(58)39(57)37(55)22(3)62-46)65-45-36(49-23(4)51)42(38(56)33(20-50)66-45)64-32(44(60)61)15-24-9-7-6-8-10-24/h11-12,17-18,21-24,27,29,31-33,36-42,45-46,49-52,55-58H,5-10,13-16,19-20H2,1-4H3,(H,47,53)(H,48,59)(H,60,61). The second-order valence-corrected chi connectivity index (χ2v) is 18.6. The van der Waals surface area contributed by atoms with Gasteiger partial charge in [0.25, 0.3) is 0 Å². The average Bonchev–Trinajstić information content (AvgIpc) is 3.28. The molecule has 21 heteroatoms. The van der Waals surface area contributed by atoms with E-state index in [0.717, 1.165) is 32.1 Å². The lowest BCUT2D eigenvalue weighted by atomic mass is 9.68. The Morgan fingerprint density at radius 2 is 1.61 bits per heavy atom. The van der Waals surface area contributed by atoms with Gasteiger partial charge >= 0.3 is 11.6 Å². The molecule has 2 aliphatic carbocycles. The molecule has 3 heterocycles. The lowest BCUT2D eigenvalue weighted by molar-refractivity contribution is -0.342. The van der Waals surface area contributed by atoms with Crippen molar-refractivity contribution in [3.63, 3.8) is 0 Å². The van der Waals surface area contributed by atoms with Gasteiger partial charge in [0, 0.05) is 36.5 Å². The molecule has 0 bridgehead atoms. The Hall–Kier alpha value is -3.84. The highest BCUT2D eigenvalue weighted by molar-refractivity contribution is 5.87. The zero-order chi connectivity index (χ0) is 48.7. The van der Waals surface area contributed by atoms with E-state index >= 15 is 0 Å². The van der Waals surface area contributed by atoms with Gasteiger partial charge in [-0.25, -0.2) is 9.59 Å². The Kier molecular flexibility index (Phi) is 18.5. The van der Waals surface area contributed by atoms with Crippen LogP contribution in [0.5, 0.6) is 5.75 Å². The molecule has 6 rings (SSSR count). The van der Waals surface area contributed by atoms with Gasteiger partial charge in [0.05, 0.1) is 37.4 Å². The summed E-state index contributed by atoms with van der Waals surface area (Å²) in [4.78, 5) is 52.0. The number of hydrogen-bond donors (Lipinski definition) is 11. The van der Waals surface area contributed by atoms with Gasteiger partial charge in [-0.15, -0.1) is 0 Å². The summed E-state index contributed by atoms with van der Waals surface area (Å²) in [5.74, 6) is -3.83. The first kappa shape index (κ1) is 52.5. The molecule has 2 saturated carbocycles. The minimum Gasteiger partial charge on any atom is -0.508 e. The molecule has 2 aliphatic heterocycles. The zero-order valence-electron chi connectivity index (χ0n) is 38.3. The van der Waals surface area contributed by atoms with Crippen LogP contribution in [0.1, 0.15) is 84.6 Å². The van der Waals surface area contributed by atoms with Gasteiger partial charge in [-0.1, -0.05) is 52.4 Å². The number of ether oxygens (including phenoxy) is 5. The molecule has 17 atom stereocenters. The molecular formula is C46H69N3O18. The van der Waals surface area contributed by atoms with Crippen molar-refractivity contribution in [1.82, 2.24) is 16.0 Å². The molecule has 21 nitrogen and oxygen atoms in total. The lowest BCUT2D eigenvalue weighted by Gasteiger charge is -2.51. The van der Waals surface area contributed by atoms with Crippen molar-refractivity contribution in [3.8, 4) is 5.75 Å². The summed E-state index contributed by atoms with van der Waals surface area (Å²) in [6.45, 7) is 5.91. The normalized spacial score (nSPS) is 34.9. The monoisotopic (exact) mass is 951 g/mol. The first-order valence-corrected chi connectivity index (χ1v) is 23.5. The van der Waals surface area contributed by atoms with E-state index in [4.69, 9.17) is 28.1 Å². The van der Waals surface area contributed by atoms with E-state index in [-0.39, 0.29) is 49.6 Å². The number of hydrogen-bond acceptors (Lipinski definition) is 18. The summed E-state index contributed by atoms with van der Waals surface area (Å²) in [7, 11) is 0. The summed E-state index contributed by atoms with van der Waals surface area (Å²) in [6, 6.07) is 4.16. The van der Waals surface area contributed by atoms with Crippen LogP contribution in [0.2, 0.25) is 0 Å². The van der Waals surface area contributed by atoms with Crippen molar-refractivity contribution in [2.45, 2.75) is 171 Å². The molecule has 2 amide bonds. The molecule has 11 N–H and O–H groups in total. The maximum atomic E-state index is 14.1. The summed E-state index contributed by atoms with van der Waals surface area (Å²) >= 11 is 0. The van der Waals surface area contributed by atoms with Crippen molar-refractivity contribution in [2.24, 2.45) is 23.7 Å². The quantitative estimate of drug-likeness (QED) is 0.0491. The Labute approximate surface area is 388 Å². The fourth-order valence-electron chi connectivity index (χ4n) is 10.2. The van der Waals surface area contributed by atoms with E-state index in [1.807, 2.05) is 13.8 Å². The highest BCUT2D eigenvalue weighted by atomic mass is 16.7. The van der Waals surface area contributed by atoms with Crippen molar-refractivity contribution in [3.05, 3.63) is 40.2 Å². The predicted octanol–water partition coefficient (Wildman–Crippen LogP) is -0.263. The minimum atomic E-state index is -1.69. The predicted molar refractivity (Wildman–Crippen MR) is 235 cm³/mol. The number of aliphatic hydroxyl groups is 6. The SMILES string of the molecule is CCC1C(C)C(C(=O)NCCNC(=O)Cc2cc(=O)oc3cc(O)ccc23)CC(OC2OC(CO)C(O)C(OC(CC3CCCCC3)C(=O)O)C2NC(C)O)C1OC1OC(C)C(O)C(O)C1O. The van der Waals surface area contributed by atoms with E-state index in [2.05, 4.69) is 16.0 Å². The second kappa shape index (κ2) is 23.6. The molecule has 17 unspecified atom stereocenters. The molecule has 4 fully saturated rings. The number of aliphatic carboxylic acids is 1. The largest absolute Gasteiger partial charge is 0.508 e. The first-order valence-electron chi connectivity index (χ1n) is 23.5. The van der Waals surface area contributed by atoms with E-state index < -0.39 is 134 Å². The Morgan fingerprint density at radius 1 is 0.896 bits per heavy atom. The van der Waals surface area contributed by atoms with Gasteiger partial charge in [0.15, 0.2) is 18.7 Å². The minimum absolute atomic E-state index is 0.00853. The van der Waals surface area contributed by atoms with Crippen LogP contribution in [-0.4, -0.2) is 164 Å². The number of phenols is 1. The van der Waals surface area contributed by atoms with Crippen molar-refractivity contribution in [2.75, 3.05) is 19.7 Å². The molecular weight excluding hydrogens is 883 g/mol. The van der Waals surface area contributed by atoms with Crippen LogP contribution in [0.15, 0.2) is 33.5 Å². The Morgan fingerprint density at radius 3 is 2.28 bits per heavy atom. The Balaban J connectivity index is 1.22. The number of carboxylic acid groups (broad SMARTS) is 1. The van der Waals surface area contributed by atoms with E-state index in [9.17, 15) is 60.0 Å². The molecule has 1 aromatic carbocycles. The molecule has 0 radical (unpaired) electrons. The molecule has 67 heavy (non-hydrogen) atoms. The van der Waals surface area contributed by atoms with E-state index in [0.29, 0.717) is 17.4 Å². The fraction of sp³-hybridized carbons (Fsp3) is 0.739. The third kappa shape index (κ3) is 12.9. The van der Waals surface area contributed by atoms with E-state index in [1.165, 1.54) is 38.1 Å². The van der Waals surface area contributed by atoms with Crippen LogP contribution in [0.25, 0.3) is 11.0 Å². The highest BCUT2D eigenvalue weighted by Gasteiger charge is 2.54. The topological polar surface area (TPSA) is 326 Å². The number of aliphatic hydroxyl groups excluding tert-OH is 6. The van der Waals surface area contributed by atoms with Gasteiger partial charge in [0.2, 0.25) is 11.8 Å². The van der Waals surface area contributed by atoms with Crippen molar-refractivity contribution >= 4 is 28.8 Å². The summed E-state index contributed by atoms with van der Waals surface area (Å²) in [5, 5.41) is 94.0. The van der Waals surface area contributed by atoms with Crippen LogP contribution < -0.4 is 21.6 Å². The van der Waals surface area contributed by atoms with Gasteiger partial charge in [-0.05, 0) is 62.1 Å². The van der Waals surface area contributed by atoms with Crippen LogP contribution >= 0.6 is 0 Å². The number of aromatic hydroxyl groups is 1. The number of rotatable bonds is 19. The number of carbonyl (C=O) groups is 3. The van der Waals surface area contributed by atoms with Gasteiger partial charge in [0.1, 0.15) is 54.2 Å². The fourth-order valence-corrected chi connectivity index (χ4v) is 10.2. The molecule has 2 saturated heterocycles. The molecule has 2 aromatic rings. The molecule has 1 aromatic heterocycles. The molecule has 4 aliphatic rings. The zero-order valence-corrected chi connectivity index (χ0v) is 38.3. The van der Waals surface area contributed by atoms with Crippen LogP contribution in [0.3, 0.4) is 0 Å². The smallest absolute Gasteiger partial charge is 0.336 e. The number of nitrogens with one attached hydrogen (secondary N) is 3. The number of carbonyl (C=O) groups excluding carboxylic acids is 2. The van der Waals surface area contributed by atoms with Crippen LogP contribution in [0.4, 0.5) is 0 Å². The maximum absolute atomic E-state index is 14.1.